The summed E-state index contributed by atoms with van der Waals surface area (Å²) in [4.78, 5) is 2.53. The highest BCUT2D eigenvalue weighted by molar-refractivity contribution is 6.14. The zero-order valence-corrected chi connectivity index (χ0v) is 30.4. The van der Waals surface area contributed by atoms with E-state index < -0.39 is 0 Å². The lowest BCUT2D eigenvalue weighted by molar-refractivity contribution is 0.562. The second-order valence-electron chi connectivity index (χ2n) is 16.0. The molecule has 2 heterocycles. The van der Waals surface area contributed by atoms with E-state index >= 15 is 0 Å². The first-order valence-corrected chi connectivity index (χ1v) is 19.4. The van der Waals surface area contributed by atoms with Crippen LogP contribution in [0.2, 0.25) is 0 Å². The van der Waals surface area contributed by atoms with Gasteiger partial charge >= 0.3 is 0 Å². The van der Waals surface area contributed by atoms with Gasteiger partial charge in [0.2, 0.25) is 0 Å². The zero-order chi connectivity index (χ0) is 35.3. The van der Waals surface area contributed by atoms with Crippen LogP contribution >= 0.6 is 0 Å². The molecule has 0 saturated carbocycles. The van der Waals surface area contributed by atoms with Crippen LogP contribution in [-0.4, -0.2) is 4.57 Å². The molecule has 0 radical (unpaired) electrons. The third-order valence-electron chi connectivity index (χ3n) is 12.6. The lowest BCUT2D eigenvalue weighted by atomic mass is 9.74. The van der Waals surface area contributed by atoms with Gasteiger partial charge in [-0.25, -0.2) is 0 Å². The van der Waals surface area contributed by atoms with Crippen LogP contribution in [0, 0.1) is 5.92 Å². The molecule has 1 atom stereocenters. The monoisotopic (exact) mass is 682 g/mol. The second-order valence-corrected chi connectivity index (χ2v) is 16.0. The van der Waals surface area contributed by atoms with Crippen LogP contribution in [0.15, 0.2) is 157 Å². The molecule has 11 rings (SSSR count). The minimum absolute atomic E-state index is 0.165. The van der Waals surface area contributed by atoms with Crippen molar-refractivity contribution in [2.45, 2.75) is 51.4 Å². The molecular formula is C51H42N2. The van der Waals surface area contributed by atoms with Crippen LogP contribution in [0.5, 0.6) is 0 Å². The molecule has 0 spiro atoms. The molecule has 2 nitrogen and oxygen atoms in total. The number of anilines is 2. The Hall–Kier alpha value is -5.86. The van der Waals surface area contributed by atoms with Crippen molar-refractivity contribution in [3.05, 3.63) is 179 Å². The molecule has 0 amide bonds. The fraction of sp³-hybridized carbons (Fsp3) is 0.176. The number of nitrogens with zero attached hydrogens (tertiary/aromatic N) is 2. The van der Waals surface area contributed by atoms with E-state index in [2.05, 4.69) is 175 Å². The van der Waals surface area contributed by atoms with E-state index in [1.807, 2.05) is 0 Å². The minimum atomic E-state index is -0.165. The first kappa shape index (κ1) is 30.7. The molecule has 256 valence electrons. The largest absolute Gasteiger partial charge is 0.311 e. The molecule has 0 bridgehead atoms. The summed E-state index contributed by atoms with van der Waals surface area (Å²) in [5.74, 6) is 0.622. The molecule has 6 aromatic carbocycles. The fourth-order valence-corrected chi connectivity index (χ4v) is 9.77. The van der Waals surface area contributed by atoms with Gasteiger partial charge in [-0.1, -0.05) is 105 Å². The van der Waals surface area contributed by atoms with Gasteiger partial charge < -0.3 is 9.47 Å². The van der Waals surface area contributed by atoms with Crippen LogP contribution in [0.4, 0.5) is 11.4 Å². The van der Waals surface area contributed by atoms with Crippen LogP contribution in [0.3, 0.4) is 0 Å². The molecule has 0 saturated heterocycles. The Balaban J connectivity index is 1.18. The van der Waals surface area contributed by atoms with Crippen molar-refractivity contribution in [3.63, 3.8) is 0 Å². The van der Waals surface area contributed by atoms with Gasteiger partial charge in [0.15, 0.2) is 0 Å². The van der Waals surface area contributed by atoms with E-state index in [1.165, 1.54) is 107 Å². The normalized spacial score (nSPS) is 18.0. The molecule has 2 heteroatoms. The highest BCUT2D eigenvalue weighted by Gasteiger charge is 2.36. The summed E-state index contributed by atoms with van der Waals surface area (Å²) in [6.45, 7) is 4.81. The number of benzene rings is 6. The van der Waals surface area contributed by atoms with E-state index in [0.29, 0.717) is 5.92 Å². The molecule has 1 unspecified atom stereocenters. The van der Waals surface area contributed by atoms with Crippen molar-refractivity contribution < 1.29 is 0 Å². The van der Waals surface area contributed by atoms with Gasteiger partial charge in [0.05, 0.1) is 16.7 Å². The Labute approximate surface area is 311 Å². The summed E-state index contributed by atoms with van der Waals surface area (Å²) >= 11 is 0. The van der Waals surface area contributed by atoms with Gasteiger partial charge in [0.1, 0.15) is 0 Å². The third-order valence-corrected chi connectivity index (χ3v) is 12.6. The highest BCUT2D eigenvalue weighted by atomic mass is 15.1. The van der Waals surface area contributed by atoms with Gasteiger partial charge in [-0.05, 0) is 148 Å². The lowest BCUT2D eigenvalue weighted by Gasteiger charge is -2.35. The minimum Gasteiger partial charge on any atom is -0.311 e. The summed E-state index contributed by atoms with van der Waals surface area (Å²) in [6.07, 6.45) is 20.0. The molecule has 4 aliphatic rings. The first-order chi connectivity index (χ1) is 26.0. The summed E-state index contributed by atoms with van der Waals surface area (Å²) in [5, 5.41) is 5.15. The van der Waals surface area contributed by atoms with E-state index in [1.54, 1.807) is 0 Å². The SMILES string of the molecule is CC1(C)c2ccccc2-n2c3ccc(N(C4=CCC5CCC=CC5=C4)c4ccc5c(c4)CCC=C5)cc3c3cc(-c4ccc5ccccc5c4)cc1c32. The Kier molecular flexibility index (Phi) is 6.71. The maximum Gasteiger partial charge on any atom is 0.0582 e. The number of fused-ring (bicyclic) bond motifs is 8. The number of aryl methyl sites for hydroxylation is 1. The average molecular weight is 683 g/mol. The van der Waals surface area contributed by atoms with E-state index in [4.69, 9.17) is 0 Å². The molecule has 0 fully saturated rings. The Bertz CT molecular complexity index is 2800. The first-order valence-electron chi connectivity index (χ1n) is 19.4. The zero-order valence-electron chi connectivity index (χ0n) is 30.4. The van der Waals surface area contributed by atoms with E-state index in [-0.39, 0.29) is 5.41 Å². The van der Waals surface area contributed by atoms with E-state index in [9.17, 15) is 0 Å². The molecule has 1 aliphatic heterocycles. The molecule has 3 aliphatic carbocycles. The van der Waals surface area contributed by atoms with Crippen LogP contribution in [-0.2, 0) is 11.8 Å². The Morgan fingerprint density at radius 3 is 2.45 bits per heavy atom. The molecule has 53 heavy (non-hydrogen) atoms. The van der Waals surface area contributed by atoms with Crippen molar-refractivity contribution in [3.8, 4) is 16.8 Å². The summed E-state index contributed by atoms with van der Waals surface area (Å²) in [5.41, 5.74) is 16.9. The van der Waals surface area contributed by atoms with Crippen molar-refractivity contribution in [2.75, 3.05) is 4.90 Å². The summed E-state index contributed by atoms with van der Waals surface area (Å²) in [6, 6.07) is 43.9. The van der Waals surface area contributed by atoms with Gasteiger partial charge in [-0.2, -0.15) is 0 Å². The van der Waals surface area contributed by atoms with Gasteiger partial charge in [0, 0.05) is 33.3 Å². The second kappa shape index (κ2) is 11.6. The quantitative estimate of drug-likeness (QED) is 0.179. The summed E-state index contributed by atoms with van der Waals surface area (Å²) < 4.78 is 2.55. The number of allylic oxidation sites excluding steroid dienone is 6. The number of aromatic nitrogens is 1. The van der Waals surface area contributed by atoms with Gasteiger partial charge in [-0.15, -0.1) is 0 Å². The smallest absolute Gasteiger partial charge is 0.0582 e. The van der Waals surface area contributed by atoms with Crippen molar-refractivity contribution in [1.29, 1.82) is 0 Å². The predicted octanol–water partition coefficient (Wildman–Crippen LogP) is 13.5. The van der Waals surface area contributed by atoms with Crippen LogP contribution in [0.1, 0.15) is 61.8 Å². The Morgan fingerprint density at radius 2 is 1.51 bits per heavy atom. The third kappa shape index (κ3) is 4.71. The van der Waals surface area contributed by atoms with Crippen LogP contribution in [0.25, 0.3) is 55.5 Å². The maximum atomic E-state index is 2.55. The van der Waals surface area contributed by atoms with Crippen molar-refractivity contribution in [2.24, 2.45) is 5.92 Å². The van der Waals surface area contributed by atoms with Crippen LogP contribution < -0.4 is 4.90 Å². The van der Waals surface area contributed by atoms with Gasteiger partial charge in [-0.3, -0.25) is 0 Å². The molecule has 7 aromatic rings. The predicted molar refractivity (Wildman–Crippen MR) is 224 cm³/mol. The number of rotatable bonds is 4. The van der Waals surface area contributed by atoms with Gasteiger partial charge in [0.25, 0.3) is 0 Å². The fourth-order valence-electron chi connectivity index (χ4n) is 9.77. The lowest BCUT2D eigenvalue weighted by Crippen LogP contribution is -2.26. The molecule has 1 aromatic heterocycles. The topological polar surface area (TPSA) is 8.17 Å². The standard InChI is InChI=1S/C51H42N2/c1-51(2)46-17-9-10-18-49(46)53-48-26-25-43(32-44(48)45-30-40(31-47(51)50(45)53)39-20-19-33-11-3-6-14-36(33)27-39)52(41-23-21-34-12-4-7-15-37(34)28-41)42-24-22-35-13-5-8-16-38(35)29-42/h3-4,6,8-12,14,16-21,23-32,35H,5,7,13,15,22H2,1-2H3. The Morgan fingerprint density at radius 1 is 0.679 bits per heavy atom. The van der Waals surface area contributed by atoms with Crippen molar-refractivity contribution >= 4 is 50.0 Å². The van der Waals surface area contributed by atoms with E-state index in [0.717, 1.165) is 19.3 Å². The summed E-state index contributed by atoms with van der Waals surface area (Å²) in [7, 11) is 0. The average Bonchev–Trinajstić information content (AvgIpc) is 3.53. The van der Waals surface area contributed by atoms with Crippen molar-refractivity contribution in [1.82, 2.24) is 4.57 Å². The number of hydrogen-bond acceptors (Lipinski definition) is 1. The molecular weight excluding hydrogens is 641 g/mol. The molecule has 0 N–H and O–H groups in total. The number of hydrogen-bond donors (Lipinski definition) is 0. The number of para-hydroxylation sites is 1. The highest BCUT2D eigenvalue weighted by Crippen LogP contribution is 2.50. The maximum absolute atomic E-state index is 2.55.